The predicted molar refractivity (Wildman–Crippen MR) is 104 cm³/mol. The van der Waals surface area contributed by atoms with E-state index in [0.717, 1.165) is 16.9 Å². The number of hydrogen-bond donors (Lipinski definition) is 3. The first kappa shape index (κ1) is 18.3. The summed E-state index contributed by atoms with van der Waals surface area (Å²) < 4.78 is 7.33. The smallest absolute Gasteiger partial charge is 0.335 e. The molecule has 0 aliphatic carbocycles. The van der Waals surface area contributed by atoms with Crippen LogP contribution in [0.5, 0.6) is 5.75 Å². The van der Waals surface area contributed by atoms with Gasteiger partial charge in [0.05, 0.1) is 18.4 Å². The van der Waals surface area contributed by atoms with Gasteiger partial charge in [-0.1, -0.05) is 12.1 Å². The Balaban J connectivity index is 1.76. The molecular weight excluding hydrogens is 366 g/mol. The van der Waals surface area contributed by atoms with Crippen molar-refractivity contribution in [3.63, 3.8) is 0 Å². The monoisotopic (exact) mass is 383 g/mol. The van der Waals surface area contributed by atoms with Gasteiger partial charge in [-0.2, -0.15) is 14.9 Å². The van der Waals surface area contributed by atoms with Crippen LogP contribution in [0.2, 0.25) is 0 Å². The molecule has 3 aromatic rings. The van der Waals surface area contributed by atoms with E-state index in [1.807, 2.05) is 31.2 Å². The van der Waals surface area contributed by atoms with E-state index in [2.05, 4.69) is 20.8 Å². The van der Waals surface area contributed by atoms with Crippen LogP contribution in [-0.2, 0) is 0 Å². The van der Waals surface area contributed by atoms with Gasteiger partial charge in [-0.3, -0.25) is 0 Å². The summed E-state index contributed by atoms with van der Waals surface area (Å²) in [5, 5.41) is 20.0. The molecule has 0 aliphatic rings. The summed E-state index contributed by atoms with van der Waals surface area (Å²) >= 11 is 5.23. The number of carboxylic acid groups (broad SMARTS) is 1. The second-order valence-corrected chi connectivity index (χ2v) is 5.82. The van der Waals surface area contributed by atoms with Crippen molar-refractivity contribution in [3.8, 4) is 17.1 Å². The third-order valence-electron chi connectivity index (χ3n) is 3.62. The second-order valence-electron chi connectivity index (χ2n) is 5.43. The van der Waals surface area contributed by atoms with Crippen molar-refractivity contribution in [1.29, 1.82) is 0 Å². The van der Waals surface area contributed by atoms with Gasteiger partial charge in [0.1, 0.15) is 5.75 Å². The molecule has 0 amide bonds. The number of carboxylic acids is 1. The van der Waals surface area contributed by atoms with E-state index >= 15 is 0 Å². The molecule has 0 atom stereocenters. The van der Waals surface area contributed by atoms with Crippen LogP contribution in [0.3, 0.4) is 0 Å². The highest BCUT2D eigenvalue weighted by atomic mass is 32.1. The lowest BCUT2D eigenvalue weighted by Gasteiger charge is -2.07. The number of aromatic nitrogens is 3. The Hall–Kier alpha value is -3.46. The molecule has 0 radical (unpaired) electrons. The van der Waals surface area contributed by atoms with Crippen molar-refractivity contribution < 1.29 is 14.6 Å². The molecule has 3 N–H and O–H groups in total. The van der Waals surface area contributed by atoms with Gasteiger partial charge in [-0.05, 0) is 61.1 Å². The van der Waals surface area contributed by atoms with Crippen LogP contribution in [0.4, 0.5) is 0 Å². The number of H-pyrrole nitrogens is 1. The number of nitrogens with one attached hydrogen (secondary N) is 2. The molecule has 0 saturated carbocycles. The number of aromatic carboxylic acids is 1. The highest BCUT2D eigenvalue weighted by Gasteiger charge is 2.08. The number of hydrazone groups is 1. The summed E-state index contributed by atoms with van der Waals surface area (Å²) in [5.41, 5.74) is 4.62. The first-order valence-corrected chi connectivity index (χ1v) is 8.52. The molecule has 0 fully saturated rings. The standard InChI is InChI=1S/C18H17N5O3S/c1-2-26-15-9-7-13(8-10-15)16-20-21-18(27)23(16)22-19-11-12-3-5-14(6-4-12)17(24)25/h3-11,22H,2H2,1H3,(H,21,27)(H,24,25)/b19-11-. The SMILES string of the molecule is CCOc1ccc(-c2n[nH]c(=S)n2N/N=C\c2ccc(C(=O)O)cc2)cc1. The number of carbonyl (C=O) groups is 1. The largest absolute Gasteiger partial charge is 0.494 e. The average molecular weight is 383 g/mol. The van der Waals surface area contributed by atoms with Crippen LogP contribution in [0, 0.1) is 4.77 Å². The van der Waals surface area contributed by atoms with Crippen LogP contribution in [0.25, 0.3) is 11.4 Å². The van der Waals surface area contributed by atoms with Crippen molar-refractivity contribution in [2.45, 2.75) is 6.92 Å². The number of rotatable bonds is 7. The van der Waals surface area contributed by atoms with E-state index in [0.29, 0.717) is 17.2 Å². The minimum Gasteiger partial charge on any atom is -0.494 e. The highest BCUT2D eigenvalue weighted by Crippen LogP contribution is 2.20. The van der Waals surface area contributed by atoms with Crippen LogP contribution in [0.1, 0.15) is 22.8 Å². The summed E-state index contributed by atoms with van der Waals surface area (Å²) in [6.45, 7) is 2.53. The molecule has 0 aliphatic heterocycles. The Morgan fingerprint density at radius 2 is 2.00 bits per heavy atom. The van der Waals surface area contributed by atoms with Gasteiger partial charge in [0, 0.05) is 5.56 Å². The maximum Gasteiger partial charge on any atom is 0.335 e. The van der Waals surface area contributed by atoms with Gasteiger partial charge >= 0.3 is 5.97 Å². The van der Waals surface area contributed by atoms with E-state index in [1.165, 1.54) is 16.8 Å². The zero-order valence-electron chi connectivity index (χ0n) is 14.4. The third-order valence-corrected chi connectivity index (χ3v) is 3.90. The van der Waals surface area contributed by atoms with Crippen molar-refractivity contribution in [2.75, 3.05) is 12.1 Å². The summed E-state index contributed by atoms with van der Waals surface area (Å²) in [6.07, 6.45) is 1.56. The van der Waals surface area contributed by atoms with Crippen LogP contribution in [0.15, 0.2) is 53.6 Å². The van der Waals surface area contributed by atoms with Gasteiger partial charge < -0.3 is 9.84 Å². The molecule has 0 unspecified atom stereocenters. The Morgan fingerprint density at radius 3 is 2.63 bits per heavy atom. The summed E-state index contributed by atoms with van der Waals surface area (Å²) in [4.78, 5) is 10.9. The van der Waals surface area contributed by atoms with Crippen LogP contribution >= 0.6 is 12.2 Å². The Morgan fingerprint density at radius 1 is 1.30 bits per heavy atom. The predicted octanol–water partition coefficient (Wildman–Crippen LogP) is 3.28. The Kier molecular flexibility index (Phi) is 5.62. The maximum absolute atomic E-state index is 10.9. The van der Waals surface area contributed by atoms with E-state index in [1.54, 1.807) is 18.3 Å². The second kappa shape index (κ2) is 8.28. The summed E-state index contributed by atoms with van der Waals surface area (Å²) in [7, 11) is 0. The Labute approximate surface area is 160 Å². The van der Waals surface area contributed by atoms with Gasteiger partial charge in [0.25, 0.3) is 0 Å². The lowest BCUT2D eigenvalue weighted by molar-refractivity contribution is 0.0697. The first-order chi connectivity index (χ1) is 13.1. The molecule has 0 spiro atoms. The van der Waals surface area contributed by atoms with Gasteiger partial charge in [0.2, 0.25) is 4.77 Å². The quantitative estimate of drug-likeness (QED) is 0.329. The van der Waals surface area contributed by atoms with Crippen molar-refractivity contribution >= 4 is 24.4 Å². The highest BCUT2D eigenvalue weighted by molar-refractivity contribution is 7.71. The first-order valence-electron chi connectivity index (χ1n) is 8.11. The number of ether oxygens (including phenoxy) is 1. The molecule has 1 heterocycles. The molecule has 9 heteroatoms. The molecule has 0 bridgehead atoms. The minimum absolute atomic E-state index is 0.218. The topological polar surface area (TPSA) is 105 Å². The maximum atomic E-state index is 10.9. The summed E-state index contributed by atoms with van der Waals surface area (Å²) in [6, 6.07) is 13.8. The number of hydrogen-bond acceptors (Lipinski definition) is 6. The normalized spacial score (nSPS) is 10.9. The Bertz CT molecular complexity index is 1010. The molecule has 3 rings (SSSR count). The van der Waals surface area contributed by atoms with Gasteiger partial charge in [0.15, 0.2) is 5.82 Å². The van der Waals surface area contributed by atoms with Crippen molar-refractivity contribution in [2.24, 2.45) is 5.10 Å². The molecule has 0 saturated heterocycles. The lowest BCUT2D eigenvalue weighted by Crippen LogP contribution is -2.10. The lowest BCUT2D eigenvalue weighted by atomic mass is 10.1. The van der Waals surface area contributed by atoms with E-state index in [-0.39, 0.29) is 5.56 Å². The zero-order valence-corrected chi connectivity index (χ0v) is 15.2. The molecule has 2 aromatic carbocycles. The van der Waals surface area contributed by atoms with Crippen molar-refractivity contribution in [1.82, 2.24) is 14.9 Å². The van der Waals surface area contributed by atoms with Crippen LogP contribution in [-0.4, -0.2) is 38.8 Å². The fourth-order valence-electron chi connectivity index (χ4n) is 2.32. The number of nitrogens with zero attached hydrogens (tertiary/aromatic N) is 3. The van der Waals surface area contributed by atoms with E-state index < -0.39 is 5.97 Å². The molecule has 1 aromatic heterocycles. The number of aromatic amines is 1. The fraction of sp³-hybridized carbons (Fsp3) is 0.111. The third kappa shape index (κ3) is 4.39. The molecule has 27 heavy (non-hydrogen) atoms. The van der Waals surface area contributed by atoms with Crippen molar-refractivity contribution in [3.05, 3.63) is 64.4 Å². The minimum atomic E-state index is -0.971. The van der Waals surface area contributed by atoms with E-state index in [9.17, 15) is 4.79 Å². The van der Waals surface area contributed by atoms with Crippen LogP contribution < -0.4 is 10.3 Å². The molecule has 138 valence electrons. The number of benzene rings is 2. The average Bonchev–Trinajstić information content (AvgIpc) is 3.04. The van der Waals surface area contributed by atoms with Gasteiger partial charge in [-0.25, -0.2) is 15.4 Å². The van der Waals surface area contributed by atoms with Gasteiger partial charge in [-0.15, -0.1) is 0 Å². The summed E-state index contributed by atoms with van der Waals surface area (Å²) in [5.74, 6) is 0.375. The fourth-order valence-corrected chi connectivity index (χ4v) is 2.50. The van der Waals surface area contributed by atoms with E-state index in [4.69, 9.17) is 22.1 Å². The molecule has 8 nitrogen and oxygen atoms in total. The molecular formula is C18H17N5O3S. The zero-order chi connectivity index (χ0) is 19.2.